The predicted octanol–water partition coefficient (Wildman–Crippen LogP) is 1.96. The molecule has 114 valence electrons. The van der Waals surface area contributed by atoms with E-state index in [1.165, 1.54) is 13.8 Å². The Kier molecular flexibility index (Phi) is 4.81. The molecule has 2 rings (SSSR count). The van der Waals surface area contributed by atoms with Crippen LogP contribution in [0.3, 0.4) is 0 Å². The molecule has 0 saturated heterocycles. The highest BCUT2D eigenvalue weighted by atomic mass is 79.9. The number of guanidine groups is 1. The molecule has 0 unspecified atom stereocenters. The molecule has 0 atom stereocenters. The maximum atomic E-state index is 11.2. The number of aliphatic imine (C=N–C) groups is 1. The van der Waals surface area contributed by atoms with Gasteiger partial charge >= 0.3 is 0 Å². The van der Waals surface area contributed by atoms with Crippen molar-refractivity contribution in [3.8, 4) is 0 Å². The van der Waals surface area contributed by atoms with E-state index >= 15 is 0 Å². The zero-order chi connectivity index (χ0) is 16.3. The highest BCUT2D eigenvalue weighted by Crippen LogP contribution is 2.22. The lowest BCUT2D eigenvalue weighted by molar-refractivity contribution is -0.117. The van der Waals surface area contributed by atoms with Crippen molar-refractivity contribution < 1.29 is 9.59 Å². The summed E-state index contributed by atoms with van der Waals surface area (Å²) in [5, 5.41) is 5.75. The van der Waals surface area contributed by atoms with Gasteiger partial charge in [0.1, 0.15) is 0 Å². The van der Waals surface area contributed by atoms with Crippen LogP contribution in [-0.4, -0.2) is 27.7 Å². The van der Waals surface area contributed by atoms with Crippen molar-refractivity contribution in [1.29, 1.82) is 0 Å². The first-order valence-corrected chi connectivity index (χ1v) is 7.22. The number of benzene rings is 1. The number of carbonyl (C=O) groups is 2. The lowest BCUT2D eigenvalue weighted by Crippen LogP contribution is -2.41. The van der Waals surface area contributed by atoms with Crippen molar-refractivity contribution in [1.82, 2.24) is 20.6 Å². The van der Waals surface area contributed by atoms with Crippen LogP contribution in [0, 0.1) is 6.92 Å². The van der Waals surface area contributed by atoms with Gasteiger partial charge in [-0.25, -0.2) is 9.97 Å². The normalized spacial score (nSPS) is 10.2. The van der Waals surface area contributed by atoms with Gasteiger partial charge in [-0.1, -0.05) is 15.9 Å². The summed E-state index contributed by atoms with van der Waals surface area (Å²) in [5.74, 6) is -0.552. The van der Waals surface area contributed by atoms with Gasteiger partial charge in [0.05, 0.1) is 11.2 Å². The van der Waals surface area contributed by atoms with Gasteiger partial charge in [0.25, 0.3) is 5.95 Å². The van der Waals surface area contributed by atoms with Crippen molar-refractivity contribution >= 4 is 50.6 Å². The van der Waals surface area contributed by atoms with Crippen molar-refractivity contribution in [3.05, 3.63) is 28.4 Å². The van der Waals surface area contributed by atoms with Crippen LogP contribution in [0.1, 0.15) is 19.5 Å². The molecule has 1 heterocycles. The minimum Gasteiger partial charge on any atom is -0.296 e. The number of amides is 2. The minimum absolute atomic E-state index is 0.00383. The monoisotopic (exact) mass is 363 g/mol. The molecule has 8 heteroatoms. The molecule has 2 N–H and O–H groups in total. The summed E-state index contributed by atoms with van der Waals surface area (Å²) < 4.78 is 0.931. The predicted molar refractivity (Wildman–Crippen MR) is 86.7 cm³/mol. The zero-order valence-corrected chi connectivity index (χ0v) is 13.9. The first kappa shape index (κ1) is 16.0. The second-order valence-corrected chi connectivity index (χ2v) is 5.51. The van der Waals surface area contributed by atoms with Gasteiger partial charge in [0.15, 0.2) is 0 Å². The summed E-state index contributed by atoms with van der Waals surface area (Å²) in [6, 6.07) is 5.62. The maximum absolute atomic E-state index is 11.2. The van der Waals surface area contributed by atoms with Crippen LogP contribution in [0.2, 0.25) is 0 Å². The summed E-state index contributed by atoms with van der Waals surface area (Å²) in [6.45, 7) is 4.48. The molecule has 0 aliphatic heterocycles. The largest absolute Gasteiger partial charge is 0.296 e. The van der Waals surface area contributed by atoms with E-state index < -0.39 is 0 Å². The van der Waals surface area contributed by atoms with E-state index in [1.807, 2.05) is 25.1 Å². The molecule has 1 aromatic carbocycles. The van der Waals surface area contributed by atoms with Crippen LogP contribution in [-0.2, 0) is 9.59 Å². The summed E-state index contributed by atoms with van der Waals surface area (Å²) in [4.78, 5) is 35.0. The highest BCUT2D eigenvalue weighted by Gasteiger charge is 2.08. The van der Waals surface area contributed by atoms with E-state index in [-0.39, 0.29) is 23.7 Å². The quantitative estimate of drug-likeness (QED) is 0.597. The Labute approximate surface area is 135 Å². The van der Waals surface area contributed by atoms with E-state index in [9.17, 15) is 9.59 Å². The maximum Gasteiger partial charge on any atom is 0.253 e. The van der Waals surface area contributed by atoms with Crippen LogP contribution < -0.4 is 10.6 Å². The van der Waals surface area contributed by atoms with Crippen molar-refractivity contribution in [2.45, 2.75) is 20.8 Å². The molecular weight excluding hydrogens is 350 g/mol. The Morgan fingerprint density at radius 3 is 2.36 bits per heavy atom. The van der Waals surface area contributed by atoms with E-state index in [1.54, 1.807) is 0 Å². The summed E-state index contributed by atoms with van der Waals surface area (Å²) in [5.41, 5.74) is 1.47. The van der Waals surface area contributed by atoms with Gasteiger partial charge in [-0.15, -0.1) is 0 Å². The molecule has 0 aliphatic rings. The van der Waals surface area contributed by atoms with E-state index in [0.29, 0.717) is 0 Å². The third-order valence-corrected chi connectivity index (χ3v) is 3.13. The molecule has 0 bridgehead atoms. The second kappa shape index (κ2) is 6.61. The third-order valence-electron chi connectivity index (χ3n) is 2.64. The number of hydrogen-bond donors (Lipinski definition) is 2. The molecule has 0 radical (unpaired) electrons. The Balaban J connectivity index is 2.47. The van der Waals surface area contributed by atoms with E-state index in [0.717, 1.165) is 21.1 Å². The van der Waals surface area contributed by atoms with Gasteiger partial charge in [0.2, 0.25) is 17.8 Å². The molecule has 7 nitrogen and oxygen atoms in total. The van der Waals surface area contributed by atoms with Crippen LogP contribution >= 0.6 is 15.9 Å². The van der Waals surface area contributed by atoms with Gasteiger partial charge in [-0.2, -0.15) is 4.99 Å². The number of nitrogens with one attached hydrogen (secondary N) is 2. The highest BCUT2D eigenvalue weighted by molar-refractivity contribution is 9.10. The van der Waals surface area contributed by atoms with Crippen molar-refractivity contribution in [2.75, 3.05) is 0 Å². The Hall–Kier alpha value is -2.35. The third kappa shape index (κ3) is 4.08. The minimum atomic E-state index is -0.353. The summed E-state index contributed by atoms with van der Waals surface area (Å²) in [6.07, 6.45) is 0. The smallest absolute Gasteiger partial charge is 0.253 e. The number of hydrogen-bond acceptors (Lipinski definition) is 5. The fourth-order valence-electron chi connectivity index (χ4n) is 1.81. The zero-order valence-electron chi connectivity index (χ0n) is 12.3. The fourth-order valence-corrected chi connectivity index (χ4v) is 2.17. The molecule has 2 amide bonds. The van der Waals surface area contributed by atoms with E-state index in [4.69, 9.17) is 0 Å². The second-order valence-electron chi connectivity index (χ2n) is 4.59. The van der Waals surface area contributed by atoms with Gasteiger partial charge < -0.3 is 0 Å². The molecule has 0 fully saturated rings. The summed E-state index contributed by atoms with van der Waals surface area (Å²) >= 11 is 3.40. The molecular formula is C14H14BrN5O2. The Morgan fingerprint density at radius 1 is 1.14 bits per heavy atom. The SMILES string of the molecule is CC(=O)NC(=Nc1nc(C)c2cc(Br)ccc2n1)NC(C)=O. The van der Waals surface area contributed by atoms with Crippen LogP contribution in [0.4, 0.5) is 5.95 Å². The first-order chi connectivity index (χ1) is 10.3. The molecule has 22 heavy (non-hydrogen) atoms. The van der Waals surface area contributed by atoms with Gasteiger partial charge in [-0.3, -0.25) is 20.2 Å². The summed E-state index contributed by atoms with van der Waals surface area (Å²) in [7, 11) is 0. The van der Waals surface area contributed by atoms with Crippen LogP contribution in [0.15, 0.2) is 27.7 Å². The lowest BCUT2D eigenvalue weighted by Gasteiger charge is -2.07. The number of nitrogens with zero attached hydrogens (tertiary/aromatic N) is 3. The average molecular weight is 364 g/mol. The van der Waals surface area contributed by atoms with Gasteiger partial charge in [0, 0.05) is 23.7 Å². The standard InChI is InChI=1S/C14H14BrN5O2/c1-7-11-6-10(15)4-5-12(11)19-13(16-7)20-14(17-8(2)21)18-9(3)22/h4-6H,1-3H3,(H2,16,17,18,19,20,21,22). The van der Waals surface area contributed by atoms with Crippen molar-refractivity contribution in [2.24, 2.45) is 4.99 Å². The van der Waals surface area contributed by atoms with E-state index in [2.05, 4.69) is 41.5 Å². The fraction of sp³-hybridized carbons (Fsp3) is 0.214. The van der Waals surface area contributed by atoms with Crippen LogP contribution in [0.25, 0.3) is 10.9 Å². The molecule has 1 aromatic heterocycles. The Bertz CT molecular complexity index is 770. The molecule has 0 spiro atoms. The number of aryl methyl sites for hydroxylation is 1. The van der Waals surface area contributed by atoms with Gasteiger partial charge in [-0.05, 0) is 25.1 Å². The number of fused-ring (bicyclic) bond motifs is 1. The number of rotatable bonds is 1. The Morgan fingerprint density at radius 2 is 1.77 bits per heavy atom. The van der Waals surface area contributed by atoms with Crippen molar-refractivity contribution in [3.63, 3.8) is 0 Å². The topological polar surface area (TPSA) is 96.3 Å². The number of aromatic nitrogens is 2. The molecule has 2 aromatic rings. The number of carbonyl (C=O) groups excluding carboxylic acids is 2. The molecule has 0 aliphatic carbocycles. The average Bonchev–Trinajstić information content (AvgIpc) is 2.38. The first-order valence-electron chi connectivity index (χ1n) is 6.43. The molecule has 0 saturated carbocycles. The van der Waals surface area contributed by atoms with Crippen LogP contribution in [0.5, 0.6) is 0 Å². The number of halogens is 1. The lowest BCUT2D eigenvalue weighted by atomic mass is 10.2.